The fourth-order valence-corrected chi connectivity index (χ4v) is 3.28. The fourth-order valence-electron chi connectivity index (χ4n) is 3.28. The average molecular weight is 371 g/mol. The van der Waals surface area contributed by atoms with Crippen molar-refractivity contribution in [2.75, 3.05) is 19.8 Å². The van der Waals surface area contributed by atoms with Crippen molar-refractivity contribution in [2.24, 2.45) is 11.8 Å². The Bertz CT molecular complexity index is 514. The maximum absolute atomic E-state index is 12.7. The second kappa shape index (κ2) is 10.1. The topological polar surface area (TPSA) is 108 Å². The molecule has 2 atom stereocenters. The average Bonchev–Trinajstić information content (AvgIpc) is 2.89. The number of rotatable bonds is 10. The van der Waals surface area contributed by atoms with Crippen molar-refractivity contribution in [1.82, 2.24) is 5.32 Å². The molecule has 1 amide bonds. The lowest BCUT2D eigenvalue weighted by atomic mass is 9.76. The van der Waals surface area contributed by atoms with Crippen LogP contribution in [0.5, 0.6) is 0 Å². The molecular formula is C18H29NO7. The third-order valence-corrected chi connectivity index (χ3v) is 4.42. The lowest BCUT2D eigenvalue weighted by Crippen LogP contribution is -2.61. The molecule has 0 aromatic carbocycles. The Morgan fingerprint density at radius 3 is 1.92 bits per heavy atom. The zero-order valence-corrected chi connectivity index (χ0v) is 16.0. The van der Waals surface area contributed by atoms with Gasteiger partial charge in [-0.25, -0.2) is 9.59 Å². The Balaban J connectivity index is 3.36. The summed E-state index contributed by atoms with van der Waals surface area (Å²) in [5.41, 5.74) is -2.02. The fraction of sp³-hybridized carbons (Fsp3) is 0.778. The Hall–Kier alpha value is -2.12. The zero-order chi connectivity index (χ0) is 19.7. The summed E-state index contributed by atoms with van der Waals surface area (Å²) in [6.45, 7) is 6.98. The van der Waals surface area contributed by atoms with E-state index in [9.17, 15) is 19.2 Å². The molecule has 0 bridgehead atoms. The van der Waals surface area contributed by atoms with Crippen molar-refractivity contribution in [1.29, 1.82) is 0 Å². The smallest absolute Gasteiger partial charge is 0.344 e. The van der Waals surface area contributed by atoms with Gasteiger partial charge in [0, 0.05) is 5.92 Å². The van der Waals surface area contributed by atoms with Crippen LogP contribution in [0, 0.1) is 11.8 Å². The van der Waals surface area contributed by atoms with Gasteiger partial charge in [-0.05, 0) is 27.2 Å². The summed E-state index contributed by atoms with van der Waals surface area (Å²) in [7, 11) is 0. The molecule has 0 saturated carbocycles. The van der Waals surface area contributed by atoms with Gasteiger partial charge in [-0.2, -0.15) is 0 Å². The van der Waals surface area contributed by atoms with Crippen LogP contribution >= 0.6 is 0 Å². The molecule has 0 spiro atoms. The van der Waals surface area contributed by atoms with Gasteiger partial charge in [-0.3, -0.25) is 9.59 Å². The summed E-state index contributed by atoms with van der Waals surface area (Å²) in [5, 5.41) is 2.41. The number of esters is 3. The molecule has 0 radical (unpaired) electrons. The molecule has 8 nitrogen and oxygen atoms in total. The first-order valence-electron chi connectivity index (χ1n) is 9.23. The van der Waals surface area contributed by atoms with Crippen LogP contribution < -0.4 is 5.32 Å². The van der Waals surface area contributed by atoms with Gasteiger partial charge in [-0.15, -0.1) is 0 Å². The number of nitrogens with one attached hydrogen (secondary N) is 1. The molecule has 0 aliphatic carbocycles. The molecule has 26 heavy (non-hydrogen) atoms. The molecule has 1 aliphatic rings. The molecule has 0 unspecified atom stereocenters. The van der Waals surface area contributed by atoms with Gasteiger partial charge < -0.3 is 19.5 Å². The van der Waals surface area contributed by atoms with Gasteiger partial charge in [0.1, 0.15) is 5.92 Å². The predicted molar refractivity (Wildman–Crippen MR) is 91.9 cm³/mol. The van der Waals surface area contributed by atoms with E-state index in [-0.39, 0.29) is 19.8 Å². The van der Waals surface area contributed by atoms with Crippen molar-refractivity contribution in [3.63, 3.8) is 0 Å². The highest BCUT2D eigenvalue weighted by Gasteiger charge is 2.66. The highest BCUT2D eigenvalue weighted by atomic mass is 16.6. The highest BCUT2D eigenvalue weighted by Crippen LogP contribution is 2.39. The highest BCUT2D eigenvalue weighted by molar-refractivity contribution is 6.14. The van der Waals surface area contributed by atoms with Gasteiger partial charge in [0.05, 0.1) is 19.8 Å². The Morgan fingerprint density at radius 2 is 1.46 bits per heavy atom. The first kappa shape index (κ1) is 21.9. The van der Waals surface area contributed by atoms with Crippen molar-refractivity contribution >= 4 is 23.8 Å². The van der Waals surface area contributed by atoms with Gasteiger partial charge in [0.2, 0.25) is 11.4 Å². The number of carbonyl (C=O) groups excluding carboxylic acids is 4. The van der Waals surface area contributed by atoms with Crippen LogP contribution in [0.15, 0.2) is 0 Å². The van der Waals surface area contributed by atoms with E-state index in [0.29, 0.717) is 12.8 Å². The van der Waals surface area contributed by atoms with Crippen LogP contribution in [0.25, 0.3) is 0 Å². The summed E-state index contributed by atoms with van der Waals surface area (Å²) in [6.07, 6.45) is 2.70. The van der Waals surface area contributed by atoms with Crippen molar-refractivity contribution < 1.29 is 33.4 Å². The molecule has 1 N–H and O–H groups in total. The van der Waals surface area contributed by atoms with Crippen LogP contribution in [0.1, 0.15) is 53.4 Å². The van der Waals surface area contributed by atoms with Gasteiger partial charge in [0.15, 0.2) is 0 Å². The monoisotopic (exact) mass is 371 g/mol. The van der Waals surface area contributed by atoms with Crippen LogP contribution in [0.3, 0.4) is 0 Å². The second-order valence-corrected chi connectivity index (χ2v) is 6.07. The summed E-state index contributed by atoms with van der Waals surface area (Å²) >= 11 is 0. The quantitative estimate of drug-likeness (QED) is 0.267. The number of hydrogen-bond donors (Lipinski definition) is 1. The maximum Gasteiger partial charge on any atom is 0.344 e. The molecule has 148 valence electrons. The second-order valence-electron chi connectivity index (χ2n) is 6.07. The summed E-state index contributed by atoms with van der Waals surface area (Å²) in [5.74, 6) is -5.44. The van der Waals surface area contributed by atoms with E-state index in [2.05, 4.69) is 5.32 Å². The van der Waals surface area contributed by atoms with Crippen LogP contribution in [0.2, 0.25) is 0 Å². The predicted octanol–water partition coefficient (Wildman–Crippen LogP) is 1.36. The van der Waals surface area contributed by atoms with Crippen LogP contribution in [-0.4, -0.2) is 49.2 Å². The summed E-state index contributed by atoms with van der Waals surface area (Å²) in [6, 6.07) is 0. The Morgan fingerprint density at radius 1 is 0.923 bits per heavy atom. The van der Waals surface area contributed by atoms with E-state index in [0.717, 1.165) is 12.8 Å². The number of hydrogen-bond acceptors (Lipinski definition) is 7. The lowest BCUT2D eigenvalue weighted by Gasteiger charge is -2.31. The minimum absolute atomic E-state index is 0.0294. The zero-order valence-electron chi connectivity index (χ0n) is 16.0. The van der Waals surface area contributed by atoms with E-state index in [1.807, 2.05) is 6.92 Å². The molecule has 1 rings (SSSR count). The van der Waals surface area contributed by atoms with Gasteiger partial charge >= 0.3 is 17.9 Å². The summed E-state index contributed by atoms with van der Waals surface area (Å²) in [4.78, 5) is 50.3. The molecule has 1 heterocycles. The lowest BCUT2D eigenvalue weighted by molar-refractivity contribution is -0.169. The first-order chi connectivity index (χ1) is 12.4. The minimum atomic E-state index is -2.02. The normalized spacial score (nSPS) is 21.0. The number of ether oxygens (including phenoxy) is 3. The van der Waals surface area contributed by atoms with Crippen molar-refractivity contribution in [3.05, 3.63) is 0 Å². The van der Waals surface area contributed by atoms with Crippen molar-refractivity contribution in [3.8, 4) is 0 Å². The number of unbranched alkanes of at least 4 members (excludes halogenated alkanes) is 2. The van der Waals surface area contributed by atoms with E-state index in [4.69, 9.17) is 14.2 Å². The van der Waals surface area contributed by atoms with E-state index in [1.165, 1.54) is 0 Å². The van der Waals surface area contributed by atoms with Crippen molar-refractivity contribution in [2.45, 2.75) is 58.9 Å². The summed E-state index contributed by atoms with van der Waals surface area (Å²) < 4.78 is 15.1. The number of carbonyl (C=O) groups is 4. The standard InChI is InChI=1S/C18H29NO7/c1-5-9-10-11-12-13(15(21)24-6-2)14(20)19-18(12,16(22)25-7-3)17(23)26-8-4/h12-13H,5-11H2,1-4H3,(H,19,20)/t12-,13-/m0/s1. The molecule has 8 heteroatoms. The minimum Gasteiger partial charge on any atom is -0.465 e. The molecule has 1 aliphatic heterocycles. The van der Waals surface area contributed by atoms with E-state index >= 15 is 0 Å². The largest absolute Gasteiger partial charge is 0.465 e. The van der Waals surface area contributed by atoms with Gasteiger partial charge in [0.25, 0.3) is 0 Å². The Kier molecular flexibility index (Phi) is 8.54. The molecule has 0 aromatic rings. The van der Waals surface area contributed by atoms with Crippen LogP contribution in [0.4, 0.5) is 0 Å². The number of amides is 1. The molecule has 1 saturated heterocycles. The SMILES string of the molecule is CCCCC[C@H]1[C@H](C(=O)OCC)C(=O)NC1(C(=O)OCC)C(=O)OCC. The van der Waals surface area contributed by atoms with E-state index < -0.39 is 41.2 Å². The third-order valence-electron chi connectivity index (χ3n) is 4.42. The van der Waals surface area contributed by atoms with Gasteiger partial charge in [-0.1, -0.05) is 26.2 Å². The third kappa shape index (κ3) is 4.34. The maximum atomic E-state index is 12.7. The Labute approximate surface area is 153 Å². The molecular weight excluding hydrogens is 342 g/mol. The van der Waals surface area contributed by atoms with E-state index in [1.54, 1.807) is 20.8 Å². The first-order valence-corrected chi connectivity index (χ1v) is 9.23. The van der Waals surface area contributed by atoms with Crippen LogP contribution in [-0.2, 0) is 33.4 Å². The molecule has 0 aromatic heterocycles. The molecule has 1 fully saturated rings.